The third-order valence-corrected chi connectivity index (χ3v) is 8.38. The zero-order chi connectivity index (χ0) is 27.0. The summed E-state index contributed by atoms with van der Waals surface area (Å²) in [7, 11) is -3.67. The average Bonchev–Trinajstić information content (AvgIpc) is 2.86. The first kappa shape index (κ1) is 29.3. The van der Waals surface area contributed by atoms with Crippen LogP contribution in [0.1, 0.15) is 57.4 Å². The second-order valence-corrected chi connectivity index (χ2v) is 12.3. The van der Waals surface area contributed by atoms with Crippen molar-refractivity contribution >= 4 is 50.7 Å². The van der Waals surface area contributed by atoms with Gasteiger partial charge in [-0.15, -0.1) is 0 Å². The van der Waals surface area contributed by atoms with Gasteiger partial charge in [0.1, 0.15) is 6.04 Å². The number of carbonyl (C=O) groups is 2. The lowest BCUT2D eigenvalue weighted by Gasteiger charge is -2.31. The Morgan fingerprint density at radius 3 is 2.38 bits per heavy atom. The first-order chi connectivity index (χ1) is 17.6. The molecular weight excluding hydrogens is 533 g/mol. The van der Waals surface area contributed by atoms with Crippen molar-refractivity contribution in [3.05, 3.63) is 64.1 Å². The number of hydrogen-bond acceptors (Lipinski definition) is 4. The van der Waals surface area contributed by atoms with E-state index in [4.69, 9.17) is 23.2 Å². The van der Waals surface area contributed by atoms with Gasteiger partial charge in [-0.05, 0) is 49.9 Å². The fourth-order valence-corrected chi connectivity index (χ4v) is 6.00. The highest BCUT2D eigenvalue weighted by Gasteiger charge is 2.28. The minimum Gasteiger partial charge on any atom is -0.352 e. The Balaban J connectivity index is 1.71. The number of benzene rings is 2. The number of amides is 2. The molecule has 202 valence electrons. The standard InChI is InChI=1S/C27H35Cl2N3O4S/c1-20(27(34)30-23-12-7-4-8-13-23)31(19-21-10-5-3-6-11-21)26(33)14-9-17-32(37(2,35)36)25-18-22(28)15-16-24(25)29/h3,5-6,10-11,15-16,18,20,23H,4,7-9,12-14,17,19H2,1-2H3,(H,30,34). The predicted molar refractivity (Wildman–Crippen MR) is 149 cm³/mol. The molecule has 0 heterocycles. The molecule has 0 radical (unpaired) electrons. The van der Waals surface area contributed by atoms with Crippen molar-refractivity contribution in [2.75, 3.05) is 17.1 Å². The second-order valence-electron chi connectivity index (χ2n) is 9.56. The Hall–Kier alpha value is -2.29. The molecule has 3 rings (SSSR count). The van der Waals surface area contributed by atoms with E-state index in [2.05, 4.69) is 5.32 Å². The number of nitrogens with zero attached hydrogens (tertiary/aromatic N) is 2. The van der Waals surface area contributed by atoms with E-state index < -0.39 is 16.1 Å². The van der Waals surface area contributed by atoms with Crippen LogP contribution in [0, 0.1) is 0 Å². The third kappa shape index (κ3) is 8.62. The maximum atomic E-state index is 13.4. The van der Waals surface area contributed by atoms with E-state index in [1.165, 1.54) is 18.6 Å². The summed E-state index contributed by atoms with van der Waals surface area (Å²) in [6.07, 6.45) is 6.70. The number of carbonyl (C=O) groups excluding carboxylic acids is 2. The van der Waals surface area contributed by atoms with Crippen LogP contribution in [0.5, 0.6) is 0 Å². The van der Waals surface area contributed by atoms with Gasteiger partial charge in [0, 0.05) is 30.6 Å². The van der Waals surface area contributed by atoms with Gasteiger partial charge in [0.15, 0.2) is 0 Å². The molecule has 0 spiro atoms. The summed E-state index contributed by atoms with van der Waals surface area (Å²) in [4.78, 5) is 28.1. The molecule has 1 aliphatic carbocycles. The monoisotopic (exact) mass is 567 g/mol. The molecule has 0 aromatic heterocycles. The molecule has 2 aromatic rings. The number of sulfonamides is 1. The van der Waals surface area contributed by atoms with Crippen LogP contribution in [0.3, 0.4) is 0 Å². The van der Waals surface area contributed by atoms with Gasteiger partial charge in [-0.2, -0.15) is 0 Å². The predicted octanol–water partition coefficient (Wildman–Crippen LogP) is 5.41. The third-order valence-electron chi connectivity index (χ3n) is 6.64. The van der Waals surface area contributed by atoms with Crippen LogP contribution in [0.15, 0.2) is 48.5 Å². The molecule has 2 amide bonds. The van der Waals surface area contributed by atoms with Gasteiger partial charge in [0.05, 0.1) is 17.0 Å². The van der Waals surface area contributed by atoms with Crippen molar-refractivity contribution in [1.82, 2.24) is 10.2 Å². The maximum Gasteiger partial charge on any atom is 0.242 e. The molecular formula is C27H35Cl2N3O4S. The van der Waals surface area contributed by atoms with E-state index in [0.29, 0.717) is 5.02 Å². The first-order valence-corrected chi connectivity index (χ1v) is 15.2. The van der Waals surface area contributed by atoms with Crippen molar-refractivity contribution in [2.24, 2.45) is 0 Å². The lowest BCUT2D eigenvalue weighted by atomic mass is 9.95. The topological polar surface area (TPSA) is 86.8 Å². The average molecular weight is 569 g/mol. The Morgan fingerprint density at radius 1 is 1.05 bits per heavy atom. The summed E-state index contributed by atoms with van der Waals surface area (Å²) in [5, 5.41) is 3.73. The quantitative estimate of drug-likeness (QED) is 0.393. The summed E-state index contributed by atoms with van der Waals surface area (Å²) in [5.74, 6) is -0.388. The number of nitrogens with one attached hydrogen (secondary N) is 1. The molecule has 7 nitrogen and oxygen atoms in total. The van der Waals surface area contributed by atoms with Gasteiger partial charge in [-0.25, -0.2) is 8.42 Å². The molecule has 0 aliphatic heterocycles. The van der Waals surface area contributed by atoms with E-state index in [9.17, 15) is 18.0 Å². The van der Waals surface area contributed by atoms with Crippen LogP contribution < -0.4 is 9.62 Å². The van der Waals surface area contributed by atoms with Crippen LogP contribution in [-0.2, 0) is 26.2 Å². The van der Waals surface area contributed by atoms with Crippen LogP contribution in [0.2, 0.25) is 10.0 Å². The first-order valence-electron chi connectivity index (χ1n) is 12.6. The fraction of sp³-hybridized carbons (Fsp3) is 0.481. The van der Waals surface area contributed by atoms with Crippen molar-refractivity contribution in [2.45, 2.75) is 70.5 Å². The SMILES string of the molecule is CC(C(=O)NC1CCCCC1)N(Cc1ccccc1)C(=O)CCCN(c1cc(Cl)ccc1Cl)S(C)(=O)=O. The molecule has 0 bridgehead atoms. The molecule has 1 fully saturated rings. The van der Waals surface area contributed by atoms with Crippen LogP contribution in [0.4, 0.5) is 5.69 Å². The molecule has 0 saturated heterocycles. The Bertz CT molecular complexity index is 1170. The van der Waals surface area contributed by atoms with Crippen LogP contribution >= 0.6 is 23.2 Å². The maximum absolute atomic E-state index is 13.4. The van der Waals surface area contributed by atoms with Gasteiger partial charge in [0.25, 0.3) is 0 Å². The molecule has 1 unspecified atom stereocenters. The molecule has 37 heavy (non-hydrogen) atoms. The highest BCUT2D eigenvalue weighted by molar-refractivity contribution is 7.92. The van der Waals surface area contributed by atoms with Gasteiger partial charge < -0.3 is 10.2 Å². The van der Waals surface area contributed by atoms with E-state index >= 15 is 0 Å². The van der Waals surface area contributed by atoms with Gasteiger partial charge in [-0.3, -0.25) is 13.9 Å². The van der Waals surface area contributed by atoms with E-state index in [1.807, 2.05) is 30.3 Å². The second kappa shape index (κ2) is 13.5. The van der Waals surface area contributed by atoms with Gasteiger partial charge >= 0.3 is 0 Å². The van der Waals surface area contributed by atoms with Gasteiger partial charge in [0.2, 0.25) is 21.8 Å². The normalized spacial score (nSPS) is 15.1. The van der Waals surface area contributed by atoms with E-state index in [-0.39, 0.29) is 54.5 Å². The Labute approximate surface area is 230 Å². The zero-order valence-electron chi connectivity index (χ0n) is 21.3. The van der Waals surface area contributed by atoms with E-state index in [1.54, 1.807) is 17.9 Å². The largest absolute Gasteiger partial charge is 0.352 e. The summed E-state index contributed by atoms with van der Waals surface area (Å²) >= 11 is 12.3. The summed E-state index contributed by atoms with van der Waals surface area (Å²) in [6, 6.07) is 13.6. The number of rotatable bonds is 11. The minimum atomic E-state index is -3.67. The minimum absolute atomic E-state index is 0.0481. The molecule has 10 heteroatoms. The molecule has 1 N–H and O–H groups in total. The molecule has 1 aliphatic rings. The summed E-state index contributed by atoms with van der Waals surface area (Å²) < 4.78 is 26.2. The highest BCUT2D eigenvalue weighted by atomic mass is 35.5. The zero-order valence-corrected chi connectivity index (χ0v) is 23.7. The van der Waals surface area contributed by atoms with Crippen molar-refractivity contribution in [3.63, 3.8) is 0 Å². The van der Waals surface area contributed by atoms with Crippen molar-refractivity contribution in [1.29, 1.82) is 0 Å². The van der Waals surface area contributed by atoms with Crippen molar-refractivity contribution in [3.8, 4) is 0 Å². The summed E-state index contributed by atoms with van der Waals surface area (Å²) in [5.41, 5.74) is 1.18. The van der Waals surface area contributed by atoms with E-state index in [0.717, 1.165) is 41.8 Å². The van der Waals surface area contributed by atoms with Crippen LogP contribution in [0.25, 0.3) is 0 Å². The fourth-order valence-electron chi connectivity index (χ4n) is 4.59. The molecule has 2 aromatic carbocycles. The summed E-state index contributed by atoms with van der Waals surface area (Å²) in [6.45, 7) is 2.08. The van der Waals surface area contributed by atoms with Crippen LogP contribution in [-0.4, -0.2) is 50.0 Å². The highest BCUT2D eigenvalue weighted by Crippen LogP contribution is 2.31. The smallest absolute Gasteiger partial charge is 0.242 e. The molecule has 1 saturated carbocycles. The Morgan fingerprint density at radius 2 is 1.73 bits per heavy atom. The Kier molecular flexibility index (Phi) is 10.7. The lowest BCUT2D eigenvalue weighted by Crippen LogP contribution is -2.50. The number of halogens is 2. The van der Waals surface area contributed by atoms with Gasteiger partial charge in [-0.1, -0.05) is 72.8 Å². The number of anilines is 1. The number of hydrogen-bond donors (Lipinski definition) is 1. The lowest BCUT2D eigenvalue weighted by molar-refractivity contribution is -0.141. The van der Waals surface area contributed by atoms with Crippen molar-refractivity contribution < 1.29 is 18.0 Å². The molecule has 1 atom stereocenters.